The van der Waals surface area contributed by atoms with E-state index in [9.17, 15) is 19.2 Å². The third kappa shape index (κ3) is 2.76. The molecular weight excluding hydrogens is 446 g/mol. The number of benzene rings is 3. The maximum Gasteiger partial charge on any atom is 0.241 e. The first-order valence-electron chi connectivity index (χ1n) is 11.3. The Hall–Kier alpha value is -4.10. The number of rotatable bonds is 3. The molecule has 0 unspecified atom stereocenters. The minimum Gasteiger partial charge on any atom is -0.497 e. The van der Waals surface area contributed by atoms with Gasteiger partial charge in [-0.1, -0.05) is 60.2 Å². The Morgan fingerprint density at radius 1 is 0.829 bits per heavy atom. The maximum atomic E-state index is 13.9. The number of hydrogen-bond acceptors (Lipinski definition) is 6. The van der Waals surface area contributed by atoms with Crippen LogP contribution < -0.4 is 9.64 Å². The van der Waals surface area contributed by atoms with E-state index in [2.05, 4.69) is 0 Å². The standard InChI is InChI=1S/C28H21NO6/c1-15-10-12-16(13-11-15)23-21-22(27(33)29(26(21)32)17-6-5-7-18(14-17)34-2)28(35-23)24(30)19-8-3-4-9-20(19)25(28)31/h3-14,21-23H,1-2H3/t21-,22+,23+/m1/s1. The molecule has 3 aromatic carbocycles. The van der Waals surface area contributed by atoms with Crippen LogP contribution in [-0.4, -0.2) is 36.1 Å². The summed E-state index contributed by atoms with van der Waals surface area (Å²) >= 11 is 0. The van der Waals surface area contributed by atoms with Crippen molar-refractivity contribution in [3.8, 4) is 5.75 Å². The molecule has 3 aliphatic rings. The Kier molecular flexibility index (Phi) is 4.56. The summed E-state index contributed by atoms with van der Waals surface area (Å²) in [6, 6.07) is 20.4. The monoisotopic (exact) mass is 467 g/mol. The van der Waals surface area contributed by atoms with Crippen molar-refractivity contribution in [3.63, 3.8) is 0 Å². The fraction of sp³-hybridized carbons (Fsp3) is 0.214. The molecule has 2 amide bonds. The molecule has 174 valence electrons. The number of carbonyl (C=O) groups excluding carboxylic acids is 4. The van der Waals surface area contributed by atoms with E-state index >= 15 is 0 Å². The van der Waals surface area contributed by atoms with E-state index in [1.54, 1.807) is 60.7 Å². The van der Waals surface area contributed by atoms with Gasteiger partial charge in [-0.05, 0) is 24.6 Å². The molecule has 1 aliphatic carbocycles. The van der Waals surface area contributed by atoms with Crippen LogP contribution in [0.3, 0.4) is 0 Å². The average molecular weight is 467 g/mol. The number of ketones is 2. The third-order valence-electron chi connectivity index (χ3n) is 7.24. The van der Waals surface area contributed by atoms with E-state index in [-0.39, 0.29) is 11.1 Å². The molecule has 0 saturated carbocycles. The number of methoxy groups -OCH3 is 1. The highest BCUT2D eigenvalue weighted by molar-refractivity contribution is 6.37. The minimum absolute atomic E-state index is 0.209. The van der Waals surface area contributed by atoms with E-state index in [1.165, 1.54) is 7.11 Å². The topological polar surface area (TPSA) is 90.0 Å². The SMILES string of the molecule is COc1cccc(N2C(=O)[C@@H]3[C@@H](C2=O)C2(O[C@H]3c3ccc(C)cc3)C(=O)c3ccccc3C2=O)c1. The van der Waals surface area contributed by atoms with Crippen molar-refractivity contribution in [2.75, 3.05) is 12.0 Å². The summed E-state index contributed by atoms with van der Waals surface area (Å²) in [6.45, 7) is 1.93. The Balaban J connectivity index is 1.54. The molecule has 3 aromatic rings. The number of imide groups is 1. The van der Waals surface area contributed by atoms with E-state index in [0.717, 1.165) is 10.5 Å². The fourth-order valence-electron chi connectivity index (χ4n) is 5.58. The van der Waals surface area contributed by atoms with E-state index in [0.29, 0.717) is 17.0 Å². The highest BCUT2D eigenvalue weighted by atomic mass is 16.5. The lowest BCUT2D eigenvalue weighted by Gasteiger charge is -2.27. The number of carbonyl (C=O) groups is 4. The third-order valence-corrected chi connectivity index (χ3v) is 7.24. The van der Waals surface area contributed by atoms with Gasteiger partial charge >= 0.3 is 0 Å². The maximum absolute atomic E-state index is 13.9. The summed E-state index contributed by atoms with van der Waals surface area (Å²) in [5.74, 6) is -4.11. The molecule has 3 atom stereocenters. The molecule has 6 rings (SSSR count). The normalized spacial score (nSPS) is 24.3. The van der Waals surface area contributed by atoms with Crippen LogP contribution in [0.1, 0.15) is 37.9 Å². The Morgan fingerprint density at radius 2 is 1.49 bits per heavy atom. The molecule has 35 heavy (non-hydrogen) atoms. The van der Waals surface area contributed by atoms with Crippen LogP contribution in [0, 0.1) is 18.8 Å². The van der Waals surface area contributed by atoms with Gasteiger partial charge in [-0.15, -0.1) is 0 Å². The highest BCUT2D eigenvalue weighted by Crippen LogP contribution is 2.57. The quantitative estimate of drug-likeness (QED) is 0.431. The van der Waals surface area contributed by atoms with Gasteiger partial charge in [-0.25, -0.2) is 4.90 Å². The molecule has 0 aromatic heterocycles. The summed E-state index contributed by atoms with van der Waals surface area (Å²) in [5.41, 5.74) is 0.297. The first kappa shape index (κ1) is 21.4. The van der Waals surface area contributed by atoms with Crippen molar-refractivity contribution in [2.24, 2.45) is 11.8 Å². The smallest absolute Gasteiger partial charge is 0.241 e. The van der Waals surface area contributed by atoms with Crippen molar-refractivity contribution in [1.82, 2.24) is 0 Å². The molecule has 2 aliphatic heterocycles. The van der Waals surface area contributed by atoms with Crippen LogP contribution in [0.2, 0.25) is 0 Å². The molecule has 7 heteroatoms. The Labute approximate surface area is 201 Å². The fourth-order valence-corrected chi connectivity index (χ4v) is 5.58. The van der Waals surface area contributed by atoms with Gasteiger partial charge in [0.15, 0.2) is 0 Å². The average Bonchev–Trinajstić information content (AvgIpc) is 3.44. The van der Waals surface area contributed by atoms with Crippen LogP contribution >= 0.6 is 0 Å². The second kappa shape index (κ2) is 7.45. The van der Waals surface area contributed by atoms with Gasteiger partial charge in [-0.2, -0.15) is 0 Å². The number of amides is 2. The molecule has 2 saturated heterocycles. The summed E-state index contributed by atoms with van der Waals surface area (Å²) in [5, 5.41) is 0. The number of aryl methyl sites for hydroxylation is 1. The van der Waals surface area contributed by atoms with Gasteiger partial charge in [0.1, 0.15) is 5.75 Å². The van der Waals surface area contributed by atoms with Crippen LogP contribution in [0.5, 0.6) is 5.75 Å². The summed E-state index contributed by atoms with van der Waals surface area (Å²) < 4.78 is 11.6. The van der Waals surface area contributed by atoms with Gasteiger partial charge in [0.2, 0.25) is 29.0 Å². The zero-order valence-corrected chi connectivity index (χ0v) is 19.1. The Bertz CT molecular complexity index is 1390. The molecule has 0 radical (unpaired) electrons. The van der Waals surface area contributed by atoms with Gasteiger partial charge in [0.05, 0.1) is 30.7 Å². The largest absolute Gasteiger partial charge is 0.497 e. The molecule has 2 fully saturated rings. The predicted molar refractivity (Wildman–Crippen MR) is 125 cm³/mol. The van der Waals surface area contributed by atoms with Crippen molar-refractivity contribution >= 4 is 29.1 Å². The minimum atomic E-state index is -2.08. The predicted octanol–water partition coefficient (Wildman–Crippen LogP) is 3.70. The number of nitrogens with zero attached hydrogens (tertiary/aromatic N) is 1. The number of ether oxygens (including phenoxy) is 2. The first-order valence-corrected chi connectivity index (χ1v) is 11.3. The van der Waals surface area contributed by atoms with Gasteiger partial charge < -0.3 is 9.47 Å². The lowest BCUT2D eigenvalue weighted by Crippen LogP contribution is -2.51. The van der Waals surface area contributed by atoms with Crippen LogP contribution in [-0.2, 0) is 14.3 Å². The summed E-state index contributed by atoms with van der Waals surface area (Å²) in [6.07, 6.45) is -0.935. The van der Waals surface area contributed by atoms with Crippen molar-refractivity contribution in [3.05, 3.63) is 95.1 Å². The molecular formula is C28H21NO6. The van der Waals surface area contributed by atoms with Crippen molar-refractivity contribution in [2.45, 2.75) is 18.6 Å². The Morgan fingerprint density at radius 3 is 2.11 bits per heavy atom. The highest BCUT2D eigenvalue weighted by Gasteiger charge is 2.74. The molecule has 0 N–H and O–H groups in total. The van der Waals surface area contributed by atoms with Crippen LogP contribution in [0.4, 0.5) is 5.69 Å². The van der Waals surface area contributed by atoms with Gasteiger partial charge in [0.25, 0.3) is 0 Å². The molecule has 1 spiro atoms. The second-order valence-corrected chi connectivity index (χ2v) is 9.11. The second-order valence-electron chi connectivity index (χ2n) is 9.11. The molecule has 2 heterocycles. The first-order chi connectivity index (χ1) is 16.9. The van der Waals surface area contributed by atoms with Crippen molar-refractivity contribution in [1.29, 1.82) is 0 Å². The molecule has 7 nitrogen and oxygen atoms in total. The number of Topliss-reactive ketones (excluding diaryl/α,β-unsaturated/α-hetero) is 2. The van der Waals surface area contributed by atoms with Gasteiger partial charge in [-0.3, -0.25) is 19.2 Å². The number of anilines is 1. The molecule has 0 bridgehead atoms. The lowest BCUT2D eigenvalue weighted by atomic mass is 9.77. The van der Waals surface area contributed by atoms with E-state index < -0.39 is 46.9 Å². The van der Waals surface area contributed by atoms with Crippen LogP contribution in [0.25, 0.3) is 0 Å². The van der Waals surface area contributed by atoms with E-state index in [1.807, 2.05) is 19.1 Å². The van der Waals surface area contributed by atoms with E-state index in [4.69, 9.17) is 9.47 Å². The number of fused-ring (bicyclic) bond motifs is 3. The number of hydrogen-bond donors (Lipinski definition) is 0. The summed E-state index contributed by atoms with van der Waals surface area (Å²) in [4.78, 5) is 56.3. The summed E-state index contributed by atoms with van der Waals surface area (Å²) in [7, 11) is 1.49. The zero-order valence-electron chi connectivity index (χ0n) is 19.1. The van der Waals surface area contributed by atoms with Gasteiger partial charge in [0, 0.05) is 17.2 Å². The van der Waals surface area contributed by atoms with Crippen molar-refractivity contribution < 1.29 is 28.7 Å². The van der Waals surface area contributed by atoms with Crippen LogP contribution in [0.15, 0.2) is 72.8 Å². The lowest BCUT2D eigenvalue weighted by molar-refractivity contribution is -0.127. The zero-order chi connectivity index (χ0) is 24.5.